The van der Waals surface area contributed by atoms with E-state index in [0.29, 0.717) is 16.5 Å². The molecule has 0 amide bonds. The van der Waals surface area contributed by atoms with Gasteiger partial charge in [-0.25, -0.2) is 0 Å². The average Bonchev–Trinajstić information content (AvgIpc) is 2.99. The van der Waals surface area contributed by atoms with Gasteiger partial charge in [-0.2, -0.15) is 9.50 Å². The summed E-state index contributed by atoms with van der Waals surface area (Å²) in [5.74, 6) is 0.385. The van der Waals surface area contributed by atoms with Gasteiger partial charge < -0.3 is 0 Å². The molecular weight excluding hydrogens is 324 g/mol. The molecule has 4 aromatic rings. The van der Waals surface area contributed by atoms with Crippen molar-refractivity contribution in [3.63, 3.8) is 0 Å². The molecule has 0 unspecified atom stereocenters. The Morgan fingerprint density at radius 1 is 1.12 bits per heavy atom. The van der Waals surface area contributed by atoms with Crippen molar-refractivity contribution in [1.82, 2.24) is 29.4 Å². The highest BCUT2D eigenvalue weighted by Gasteiger charge is 2.13. The van der Waals surface area contributed by atoms with Crippen molar-refractivity contribution in [2.75, 3.05) is 6.26 Å². The van der Waals surface area contributed by atoms with Crippen LogP contribution in [0.5, 0.6) is 0 Å². The van der Waals surface area contributed by atoms with Crippen LogP contribution in [0.15, 0.2) is 40.4 Å². The van der Waals surface area contributed by atoms with Gasteiger partial charge in [-0.15, -0.1) is 15.3 Å². The number of fused-ring (bicyclic) bond motifs is 3. The molecule has 0 saturated heterocycles. The monoisotopic (exact) mass is 338 g/mol. The molecular formula is C16H14N6OS. The summed E-state index contributed by atoms with van der Waals surface area (Å²) in [6.07, 6.45) is 3.63. The molecule has 0 aliphatic heterocycles. The number of aromatic nitrogens is 6. The van der Waals surface area contributed by atoms with Crippen molar-refractivity contribution >= 4 is 28.6 Å². The van der Waals surface area contributed by atoms with E-state index in [2.05, 4.69) is 20.3 Å². The lowest BCUT2D eigenvalue weighted by Crippen LogP contribution is -2.21. The smallest absolute Gasteiger partial charge is 0.282 e. The molecule has 0 spiro atoms. The zero-order chi connectivity index (χ0) is 16.8. The molecule has 0 atom stereocenters. The lowest BCUT2D eigenvalue weighted by atomic mass is 10.1. The van der Waals surface area contributed by atoms with Crippen molar-refractivity contribution < 1.29 is 0 Å². The number of hydrogen-bond donors (Lipinski definition) is 0. The summed E-state index contributed by atoms with van der Waals surface area (Å²) in [5, 5.41) is 13.0. The number of rotatable bonds is 2. The summed E-state index contributed by atoms with van der Waals surface area (Å²) in [5.41, 5.74) is 3.64. The maximum Gasteiger partial charge on any atom is 0.285 e. The van der Waals surface area contributed by atoms with E-state index in [9.17, 15) is 4.79 Å². The van der Waals surface area contributed by atoms with Crippen molar-refractivity contribution in [2.45, 2.75) is 19.0 Å². The molecule has 120 valence electrons. The van der Waals surface area contributed by atoms with Crippen LogP contribution in [0.25, 0.3) is 22.5 Å². The topological polar surface area (TPSA) is 78.0 Å². The first kappa shape index (κ1) is 14.8. The summed E-state index contributed by atoms with van der Waals surface area (Å²) < 4.78 is 3.14. The highest BCUT2D eigenvalue weighted by atomic mass is 32.2. The lowest BCUT2D eigenvalue weighted by molar-refractivity contribution is 0.884. The third-order valence-electron chi connectivity index (χ3n) is 3.88. The normalized spacial score (nSPS) is 11.5. The summed E-state index contributed by atoms with van der Waals surface area (Å²) in [4.78, 5) is 17.1. The van der Waals surface area contributed by atoms with Gasteiger partial charge in [0.05, 0.1) is 5.69 Å². The Morgan fingerprint density at radius 3 is 2.71 bits per heavy atom. The molecule has 0 bridgehead atoms. The minimum atomic E-state index is -0.227. The first-order valence-electron chi connectivity index (χ1n) is 7.35. The molecule has 0 aliphatic rings. The number of nitrogens with zero attached hydrogens (tertiary/aromatic N) is 6. The third kappa shape index (κ3) is 2.18. The van der Waals surface area contributed by atoms with E-state index in [4.69, 9.17) is 0 Å². The maximum atomic E-state index is 12.9. The van der Waals surface area contributed by atoms with Gasteiger partial charge >= 0.3 is 0 Å². The van der Waals surface area contributed by atoms with Gasteiger partial charge in [-0.05, 0) is 37.8 Å². The quantitative estimate of drug-likeness (QED) is 0.521. The number of aryl methyl sites for hydroxylation is 2. The minimum absolute atomic E-state index is 0.227. The summed E-state index contributed by atoms with van der Waals surface area (Å²) in [7, 11) is 0. The number of pyridine rings is 1. The Balaban J connectivity index is 2.01. The molecule has 0 aliphatic carbocycles. The second-order valence-corrected chi connectivity index (χ2v) is 6.30. The minimum Gasteiger partial charge on any atom is -0.282 e. The van der Waals surface area contributed by atoms with Gasteiger partial charge in [-0.3, -0.25) is 9.36 Å². The van der Waals surface area contributed by atoms with Crippen molar-refractivity contribution in [3.8, 4) is 5.69 Å². The predicted molar refractivity (Wildman–Crippen MR) is 92.9 cm³/mol. The second-order valence-electron chi connectivity index (χ2n) is 5.52. The van der Waals surface area contributed by atoms with Gasteiger partial charge in [0.2, 0.25) is 5.16 Å². The third-order valence-corrected chi connectivity index (χ3v) is 4.42. The van der Waals surface area contributed by atoms with E-state index in [1.54, 1.807) is 15.3 Å². The van der Waals surface area contributed by atoms with Gasteiger partial charge in [0.15, 0.2) is 5.52 Å². The van der Waals surface area contributed by atoms with Crippen molar-refractivity contribution in [1.29, 1.82) is 0 Å². The molecule has 3 aromatic heterocycles. The fourth-order valence-electron chi connectivity index (χ4n) is 2.74. The fraction of sp³-hybridized carbons (Fsp3) is 0.188. The molecule has 0 fully saturated rings. The van der Waals surface area contributed by atoms with Crippen LogP contribution in [0.2, 0.25) is 0 Å². The average molecular weight is 338 g/mol. The largest absolute Gasteiger partial charge is 0.285 e. The number of hydrogen-bond acceptors (Lipinski definition) is 6. The molecule has 7 nitrogen and oxygen atoms in total. The first-order chi connectivity index (χ1) is 11.6. The van der Waals surface area contributed by atoms with Crippen molar-refractivity contribution in [2.24, 2.45) is 0 Å². The summed E-state index contributed by atoms with van der Waals surface area (Å²) >= 11 is 1.42. The molecule has 0 saturated carbocycles. The fourth-order valence-corrected chi connectivity index (χ4v) is 3.08. The SMILES string of the molecule is CSc1nc2nnc3c(=O)n(-c4ccc(C)cc4C)ccc3n2n1. The van der Waals surface area contributed by atoms with Crippen LogP contribution in [0, 0.1) is 13.8 Å². The lowest BCUT2D eigenvalue weighted by Gasteiger charge is -2.10. The van der Waals surface area contributed by atoms with Gasteiger partial charge in [0, 0.05) is 6.20 Å². The standard InChI is InChI=1S/C16H14N6OS/c1-9-4-5-11(10(2)8-9)21-7-6-12-13(14(21)23)18-19-15-17-16(24-3)20-22(12)15/h4-8H,1-3H3. The number of thioether (sulfide) groups is 1. The maximum absolute atomic E-state index is 12.9. The van der Waals surface area contributed by atoms with Crippen LogP contribution in [0.4, 0.5) is 0 Å². The Labute approximate surface area is 141 Å². The van der Waals surface area contributed by atoms with Crippen LogP contribution in [0.3, 0.4) is 0 Å². The molecule has 1 aromatic carbocycles. The highest BCUT2D eigenvalue weighted by Crippen LogP contribution is 2.17. The predicted octanol–water partition coefficient (Wildman–Crippen LogP) is 2.16. The molecule has 24 heavy (non-hydrogen) atoms. The van der Waals surface area contributed by atoms with Crippen LogP contribution in [-0.2, 0) is 0 Å². The van der Waals surface area contributed by atoms with Crippen LogP contribution in [0.1, 0.15) is 11.1 Å². The van der Waals surface area contributed by atoms with Crippen LogP contribution >= 0.6 is 11.8 Å². The molecule has 0 N–H and O–H groups in total. The van der Waals surface area contributed by atoms with E-state index >= 15 is 0 Å². The summed E-state index contributed by atoms with van der Waals surface area (Å²) in [6, 6.07) is 7.78. The van der Waals surface area contributed by atoms with Crippen molar-refractivity contribution in [3.05, 3.63) is 51.9 Å². The zero-order valence-corrected chi connectivity index (χ0v) is 14.2. The Kier molecular flexibility index (Phi) is 3.34. The second kappa shape index (κ2) is 5.41. The van der Waals surface area contributed by atoms with E-state index in [1.807, 2.05) is 44.4 Å². The van der Waals surface area contributed by atoms with E-state index < -0.39 is 0 Å². The summed E-state index contributed by atoms with van der Waals surface area (Å²) in [6.45, 7) is 4.01. The van der Waals surface area contributed by atoms with E-state index in [0.717, 1.165) is 16.8 Å². The van der Waals surface area contributed by atoms with Crippen LogP contribution in [-0.4, -0.2) is 35.6 Å². The Hall–Kier alpha value is -2.74. The Bertz CT molecular complexity index is 1150. The first-order valence-corrected chi connectivity index (χ1v) is 8.57. The molecule has 3 heterocycles. The highest BCUT2D eigenvalue weighted by molar-refractivity contribution is 7.98. The van der Waals surface area contributed by atoms with Crippen LogP contribution < -0.4 is 5.56 Å². The van der Waals surface area contributed by atoms with Gasteiger partial charge in [0.25, 0.3) is 11.3 Å². The molecule has 0 radical (unpaired) electrons. The molecule has 8 heteroatoms. The van der Waals surface area contributed by atoms with Gasteiger partial charge in [-0.1, -0.05) is 29.5 Å². The van der Waals surface area contributed by atoms with Gasteiger partial charge in [0.1, 0.15) is 5.52 Å². The Morgan fingerprint density at radius 2 is 1.96 bits per heavy atom. The number of benzene rings is 1. The molecule has 4 rings (SSSR count). The van der Waals surface area contributed by atoms with E-state index in [1.165, 1.54) is 11.8 Å². The zero-order valence-electron chi connectivity index (χ0n) is 13.4. The van der Waals surface area contributed by atoms with E-state index in [-0.39, 0.29) is 11.1 Å².